The minimum absolute atomic E-state index is 0.0740. The SMILES string of the molecule is CC1(C)C(O)CC1Nc1ccc(I)cc1N. The monoisotopic (exact) mass is 332 g/mol. The molecule has 0 heterocycles. The Morgan fingerprint density at radius 1 is 1.50 bits per heavy atom. The maximum absolute atomic E-state index is 9.67. The van der Waals surface area contributed by atoms with Gasteiger partial charge >= 0.3 is 0 Å². The molecule has 0 saturated heterocycles. The molecule has 0 aromatic heterocycles. The molecule has 2 unspecified atom stereocenters. The third-order valence-corrected chi connectivity index (χ3v) is 4.23. The molecule has 0 aliphatic heterocycles. The second-order valence-electron chi connectivity index (χ2n) is 5.00. The molecule has 0 bridgehead atoms. The second kappa shape index (κ2) is 4.07. The number of aliphatic hydroxyl groups excluding tert-OH is 1. The first-order valence-corrected chi connectivity index (χ1v) is 6.49. The van der Waals surface area contributed by atoms with E-state index in [2.05, 4.69) is 41.8 Å². The lowest BCUT2D eigenvalue weighted by Gasteiger charge is -2.50. The number of hydrogen-bond donors (Lipinski definition) is 3. The van der Waals surface area contributed by atoms with Gasteiger partial charge in [0.1, 0.15) is 0 Å². The van der Waals surface area contributed by atoms with Crippen LogP contribution in [0.5, 0.6) is 0 Å². The fourth-order valence-corrected chi connectivity index (χ4v) is 2.52. The van der Waals surface area contributed by atoms with Crippen molar-refractivity contribution in [3.8, 4) is 0 Å². The molecule has 4 N–H and O–H groups in total. The van der Waals surface area contributed by atoms with Crippen LogP contribution in [0.4, 0.5) is 11.4 Å². The van der Waals surface area contributed by atoms with Gasteiger partial charge in [-0.3, -0.25) is 0 Å². The Kier molecular flexibility index (Phi) is 3.05. The maximum Gasteiger partial charge on any atom is 0.0630 e. The smallest absolute Gasteiger partial charge is 0.0630 e. The molecule has 1 aromatic rings. The summed E-state index contributed by atoms with van der Waals surface area (Å²) in [4.78, 5) is 0. The Bertz CT molecular complexity index is 406. The van der Waals surface area contributed by atoms with Gasteiger partial charge in [0.25, 0.3) is 0 Å². The van der Waals surface area contributed by atoms with E-state index in [0.29, 0.717) is 6.04 Å². The number of nitrogens with two attached hydrogens (primary N) is 1. The molecular formula is C12H17IN2O. The maximum atomic E-state index is 9.67. The summed E-state index contributed by atoms with van der Waals surface area (Å²) in [6.45, 7) is 4.14. The topological polar surface area (TPSA) is 58.3 Å². The summed E-state index contributed by atoms with van der Waals surface area (Å²) >= 11 is 2.24. The fourth-order valence-electron chi connectivity index (χ4n) is 2.00. The van der Waals surface area contributed by atoms with Crippen LogP contribution in [0.15, 0.2) is 18.2 Å². The molecule has 1 aliphatic carbocycles. The van der Waals surface area contributed by atoms with E-state index in [1.807, 2.05) is 18.2 Å². The van der Waals surface area contributed by atoms with E-state index in [1.165, 1.54) is 0 Å². The van der Waals surface area contributed by atoms with Crippen molar-refractivity contribution < 1.29 is 5.11 Å². The molecule has 2 atom stereocenters. The Labute approximate surface area is 110 Å². The summed E-state index contributed by atoms with van der Waals surface area (Å²) in [5.74, 6) is 0. The second-order valence-corrected chi connectivity index (χ2v) is 6.25. The first-order chi connectivity index (χ1) is 7.41. The van der Waals surface area contributed by atoms with E-state index in [4.69, 9.17) is 5.73 Å². The van der Waals surface area contributed by atoms with Gasteiger partial charge in [-0.25, -0.2) is 0 Å². The predicted octanol–water partition coefficient (Wildman–Crippen LogP) is 2.44. The number of anilines is 2. The van der Waals surface area contributed by atoms with Gasteiger partial charge in [0, 0.05) is 15.0 Å². The largest absolute Gasteiger partial charge is 0.397 e. The molecule has 1 saturated carbocycles. The van der Waals surface area contributed by atoms with Crippen molar-refractivity contribution in [1.82, 2.24) is 0 Å². The molecule has 3 nitrogen and oxygen atoms in total. The third-order valence-electron chi connectivity index (χ3n) is 3.56. The van der Waals surface area contributed by atoms with Crippen LogP contribution in [-0.2, 0) is 0 Å². The number of aliphatic hydroxyl groups is 1. The van der Waals surface area contributed by atoms with E-state index in [9.17, 15) is 5.11 Å². The minimum Gasteiger partial charge on any atom is -0.397 e. The van der Waals surface area contributed by atoms with Crippen LogP contribution < -0.4 is 11.1 Å². The van der Waals surface area contributed by atoms with Crippen LogP contribution in [0.3, 0.4) is 0 Å². The van der Waals surface area contributed by atoms with E-state index >= 15 is 0 Å². The summed E-state index contributed by atoms with van der Waals surface area (Å²) in [6, 6.07) is 6.27. The van der Waals surface area contributed by atoms with Crippen molar-refractivity contribution >= 4 is 34.0 Å². The van der Waals surface area contributed by atoms with Crippen LogP contribution in [0.25, 0.3) is 0 Å². The predicted molar refractivity (Wildman–Crippen MR) is 75.4 cm³/mol. The van der Waals surface area contributed by atoms with Crippen LogP contribution >= 0.6 is 22.6 Å². The summed E-state index contributed by atoms with van der Waals surface area (Å²) < 4.78 is 1.13. The highest BCUT2D eigenvalue weighted by Crippen LogP contribution is 2.42. The van der Waals surface area contributed by atoms with Crippen molar-refractivity contribution in [3.05, 3.63) is 21.8 Å². The molecule has 4 heteroatoms. The van der Waals surface area contributed by atoms with Gasteiger partial charge < -0.3 is 16.2 Å². The molecule has 16 heavy (non-hydrogen) atoms. The van der Waals surface area contributed by atoms with Crippen molar-refractivity contribution in [1.29, 1.82) is 0 Å². The number of rotatable bonds is 2. The number of nitrogen functional groups attached to an aromatic ring is 1. The van der Waals surface area contributed by atoms with Crippen molar-refractivity contribution in [3.63, 3.8) is 0 Å². The summed E-state index contributed by atoms with van der Waals surface area (Å²) in [5, 5.41) is 13.1. The Hall–Kier alpha value is -0.490. The van der Waals surface area contributed by atoms with Gasteiger partial charge in [0.05, 0.1) is 17.5 Å². The number of benzene rings is 1. The molecule has 0 amide bonds. The average molecular weight is 332 g/mol. The number of hydrogen-bond acceptors (Lipinski definition) is 3. The van der Waals surface area contributed by atoms with Crippen molar-refractivity contribution in [2.75, 3.05) is 11.1 Å². The van der Waals surface area contributed by atoms with E-state index in [-0.39, 0.29) is 11.5 Å². The van der Waals surface area contributed by atoms with Gasteiger partial charge in [0.15, 0.2) is 0 Å². The van der Waals surface area contributed by atoms with Gasteiger partial charge in [0.2, 0.25) is 0 Å². The van der Waals surface area contributed by atoms with E-state index < -0.39 is 0 Å². The Morgan fingerprint density at radius 2 is 2.19 bits per heavy atom. The zero-order valence-electron chi connectivity index (χ0n) is 9.50. The van der Waals surface area contributed by atoms with Gasteiger partial charge in [-0.15, -0.1) is 0 Å². The quantitative estimate of drug-likeness (QED) is 0.576. The highest BCUT2D eigenvalue weighted by molar-refractivity contribution is 14.1. The molecule has 2 rings (SSSR count). The lowest BCUT2D eigenvalue weighted by Crippen LogP contribution is -2.56. The van der Waals surface area contributed by atoms with Crippen LogP contribution in [0.2, 0.25) is 0 Å². The highest BCUT2D eigenvalue weighted by Gasteiger charge is 2.47. The molecule has 1 aliphatic rings. The third kappa shape index (κ3) is 2.00. The molecule has 1 aromatic carbocycles. The lowest BCUT2D eigenvalue weighted by atomic mass is 9.64. The van der Waals surface area contributed by atoms with Gasteiger partial charge in [-0.1, -0.05) is 13.8 Å². The molecule has 1 fully saturated rings. The van der Waals surface area contributed by atoms with Gasteiger partial charge in [-0.2, -0.15) is 0 Å². The average Bonchev–Trinajstić information content (AvgIpc) is 2.21. The molecule has 0 spiro atoms. The van der Waals surface area contributed by atoms with Gasteiger partial charge in [-0.05, 0) is 47.2 Å². The zero-order chi connectivity index (χ0) is 11.9. The van der Waals surface area contributed by atoms with Crippen LogP contribution in [-0.4, -0.2) is 17.3 Å². The van der Waals surface area contributed by atoms with Crippen LogP contribution in [0.1, 0.15) is 20.3 Å². The van der Waals surface area contributed by atoms with Crippen molar-refractivity contribution in [2.45, 2.75) is 32.4 Å². The number of halogens is 1. The Morgan fingerprint density at radius 3 is 2.69 bits per heavy atom. The highest BCUT2D eigenvalue weighted by atomic mass is 127. The lowest BCUT2D eigenvalue weighted by molar-refractivity contribution is -0.0510. The van der Waals surface area contributed by atoms with Crippen molar-refractivity contribution in [2.24, 2.45) is 5.41 Å². The molecule has 0 radical (unpaired) electrons. The summed E-state index contributed by atoms with van der Waals surface area (Å²) in [6.07, 6.45) is 0.577. The zero-order valence-corrected chi connectivity index (χ0v) is 11.7. The minimum atomic E-state index is -0.213. The van der Waals surface area contributed by atoms with E-state index in [0.717, 1.165) is 21.4 Å². The first kappa shape index (κ1) is 12.0. The summed E-state index contributed by atoms with van der Waals surface area (Å²) in [5.41, 5.74) is 7.60. The number of nitrogens with one attached hydrogen (secondary N) is 1. The summed E-state index contributed by atoms with van der Waals surface area (Å²) in [7, 11) is 0. The van der Waals surface area contributed by atoms with Crippen LogP contribution in [0, 0.1) is 8.99 Å². The van der Waals surface area contributed by atoms with E-state index in [1.54, 1.807) is 0 Å². The molecular weight excluding hydrogens is 315 g/mol. The first-order valence-electron chi connectivity index (χ1n) is 5.41. The standard InChI is InChI=1S/C12H17IN2O/c1-12(2)10(6-11(12)16)15-9-4-3-7(13)5-8(9)14/h3-5,10-11,15-16H,6,14H2,1-2H3. The normalized spacial score (nSPS) is 27.2. The molecule has 88 valence electrons. The Balaban J connectivity index is 2.11. The fraction of sp³-hybridized carbons (Fsp3) is 0.500.